The number of rotatable bonds is 5. The third kappa shape index (κ3) is 4.44. The van der Waals surface area contributed by atoms with E-state index in [9.17, 15) is 0 Å². The van der Waals surface area contributed by atoms with Crippen molar-refractivity contribution in [1.82, 2.24) is 5.32 Å². The van der Waals surface area contributed by atoms with Gasteiger partial charge in [0.25, 0.3) is 0 Å². The highest BCUT2D eigenvalue weighted by atomic mass is 14.9. The van der Waals surface area contributed by atoms with Crippen LogP contribution in [0.3, 0.4) is 0 Å². The fraction of sp³-hybridized carbons (Fsp3) is 0.818. The molecule has 1 unspecified atom stereocenters. The van der Waals surface area contributed by atoms with Gasteiger partial charge in [-0.15, -0.1) is 0 Å². The zero-order chi connectivity index (χ0) is 9.52. The van der Waals surface area contributed by atoms with Crippen LogP contribution in [0.1, 0.15) is 39.0 Å². The number of hydrogen-bond acceptors (Lipinski definition) is 2. The van der Waals surface area contributed by atoms with E-state index in [-0.39, 0.29) is 0 Å². The molecule has 0 aliphatic heterocycles. The van der Waals surface area contributed by atoms with E-state index in [4.69, 9.17) is 5.73 Å². The number of allylic oxidation sites excluding steroid dienone is 1. The molecular weight excluding hydrogens is 160 g/mol. The largest absolute Gasteiger partial charge is 0.329 e. The molecule has 3 N–H and O–H groups in total. The second-order valence-corrected chi connectivity index (χ2v) is 3.95. The topological polar surface area (TPSA) is 38.0 Å². The van der Waals surface area contributed by atoms with Crippen molar-refractivity contribution in [2.45, 2.75) is 45.1 Å². The summed E-state index contributed by atoms with van der Waals surface area (Å²) in [7, 11) is 0. The van der Waals surface area contributed by atoms with Crippen LogP contribution in [-0.2, 0) is 0 Å². The average molecular weight is 182 g/mol. The van der Waals surface area contributed by atoms with Gasteiger partial charge in [0, 0.05) is 12.6 Å². The van der Waals surface area contributed by atoms with Crippen molar-refractivity contribution < 1.29 is 0 Å². The fourth-order valence-corrected chi connectivity index (χ4v) is 1.69. The van der Waals surface area contributed by atoms with Gasteiger partial charge in [0.05, 0.1) is 0 Å². The van der Waals surface area contributed by atoms with Gasteiger partial charge < -0.3 is 11.1 Å². The summed E-state index contributed by atoms with van der Waals surface area (Å²) in [6.45, 7) is 3.96. The van der Waals surface area contributed by atoms with E-state index in [0.29, 0.717) is 6.04 Å². The highest BCUT2D eigenvalue weighted by Crippen LogP contribution is 2.19. The first-order valence-electron chi connectivity index (χ1n) is 5.44. The smallest absolute Gasteiger partial charge is 0.0162 e. The third-order valence-electron chi connectivity index (χ3n) is 2.68. The Labute approximate surface area is 81.6 Å². The first-order chi connectivity index (χ1) is 6.33. The van der Waals surface area contributed by atoms with Crippen molar-refractivity contribution in [2.75, 3.05) is 13.1 Å². The fourth-order valence-electron chi connectivity index (χ4n) is 1.69. The molecule has 0 fully saturated rings. The Balaban J connectivity index is 2.08. The lowest BCUT2D eigenvalue weighted by Crippen LogP contribution is -2.33. The molecule has 0 aromatic rings. The summed E-state index contributed by atoms with van der Waals surface area (Å²) in [6, 6.07) is 0.462. The van der Waals surface area contributed by atoms with Crippen molar-refractivity contribution in [3.63, 3.8) is 0 Å². The first-order valence-corrected chi connectivity index (χ1v) is 5.44. The molecule has 0 aromatic heterocycles. The molecule has 76 valence electrons. The van der Waals surface area contributed by atoms with Crippen molar-refractivity contribution in [2.24, 2.45) is 5.73 Å². The number of hydrogen-bond donors (Lipinski definition) is 2. The van der Waals surface area contributed by atoms with Crippen LogP contribution in [-0.4, -0.2) is 19.1 Å². The lowest BCUT2D eigenvalue weighted by atomic mass is 9.97. The van der Waals surface area contributed by atoms with Crippen LogP contribution in [0.25, 0.3) is 0 Å². The maximum Gasteiger partial charge on any atom is 0.0162 e. The molecule has 2 heteroatoms. The van der Waals surface area contributed by atoms with E-state index in [2.05, 4.69) is 18.3 Å². The van der Waals surface area contributed by atoms with Crippen LogP contribution in [0.4, 0.5) is 0 Å². The number of nitrogens with one attached hydrogen (secondary N) is 1. The molecule has 0 bridgehead atoms. The minimum atomic E-state index is 0.462. The normalized spacial score (nSPS) is 19.7. The van der Waals surface area contributed by atoms with Crippen LogP contribution < -0.4 is 11.1 Å². The van der Waals surface area contributed by atoms with Gasteiger partial charge in [-0.05, 0) is 45.6 Å². The SMILES string of the molecule is CC(CN)NCCC1=CCCCC1. The van der Waals surface area contributed by atoms with Crippen molar-refractivity contribution >= 4 is 0 Å². The Bertz CT molecular complexity index is 163. The van der Waals surface area contributed by atoms with Crippen molar-refractivity contribution in [3.05, 3.63) is 11.6 Å². The predicted octanol–water partition coefficient (Wildman–Crippen LogP) is 1.81. The van der Waals surface area contributed by atoms with Gasteiger partial charge in [0.1, 0.15) is 0 Å². The lowest BCUT2D eigenvalue weighted by molar-refractivity contribution is 0.548. The van der Waals surface area contributed by atoms with E-state index < -0.39 is 0 Å². The van der Waals surface area contributed by atoms with Gasteiger partial charge in [-0.1, -0.05) is 11.6 Å². The Hall–Kier alpha value is -0.340. The van der Waals surface area contributed by atoms with Gasteiger partial charge in [-0.25, -0.2) is 0 Å². The van der Waals surface area contributed by atoms with Gasteiger partial charge in [-0.3, -0.25) is 0 Å². The summed E-state index contributed by atoms with van der Waals surface area (Å²) in [5, 5.41) is 3.41. The van der Waals surface area contributed by atoms with Crippen molar-refractivity contribution in [3.8, 4) is 0 Å². The lowest BCUT2D eigenvalue weighted by Gasteiger charge is -2.15. The number of nitrogens with two attached hydrogens (primary N) is 1. The van der Waals surface area contributed by atoms with E-state index in [1.54, 1.807) is 5.57 Å². The summed E-state index contributed by atoms with van der Waals surface area (Å²) >= 11 is 0. The van der Waals surface area contributed by atoms with E-state index >= 15 is 0 Å². The maximum absolute atomic E-state index is 5.51. The summed E-state index contributed by atoms with van der Waals surface area (Å²) in [5.41, 5.74) is 7.16. The van der Waals surface area contributed by atoms with Gasteiger partial charge in [0.2, 0.25) is 0 Å². The molecule has 1 aliphatic rings. The van der Waals surface area contributed by atoms with Crippen LogP contribution in [0.5, 0.6) is 0 Å². The summed E-state index contributed by atoms with van der Waals surface area (Å²) in [5.74, 6) is 0. The van der Waals surface area contributed by atoms with Crippen molar-refractivity contribution in [1.29, 1.82) is 0 Å². The summed E-state index contributed by atoms with van der Waals surface area (Å²) in [6.07, 6.45) is 9.01. The Kier molecular flexibility index (Phi) is 5.09. The van der Waals surface area contributed by atoms with Crippen LogP contribution in [0, 0.1) is 0 Å². The molecule has 0 spiro atoms. The zero-order valence-electron chi connectivity index (χ0n) is 8.68. The standard InChI is InChI=1S/C11H22N2/c1-10(9-12)13-8-7-11-5-3-2-4-6-11/h5,10,13H,2-4,6-9,12H2,1H3. The van der Waals surface area contributed by atoms with Crippen LogP contribution in [0.15, 0.2) is 11.6 Å². The van der Waals surface area contributed by atoms with E-state index in [0.717, 1.165) is 13.1 Å². The molecule has 0 radical (unpaired) electrons. The van der Waals surface area contributed by atoms with Gasteiger partial charge in [0.15, 0.2) is 0 Å². The summed E-state index contributed by atoms with van der Waals surface area (Å²) < 4.78 is 0. The molecular formula is C11H22N2. The predicted molar refractivity (Wildman–Crippen MR) is 57.7 cm³/mol. The minimum Gasteiger partial charge on any atom is -0.329 e. The summed E-state index contributed by atoms with van der Waals surface area (Å²) in [4.78, 5) is 0. The zero-order valence-corrected chi connectivity index (χ0v) is 8.68. The molecule has 0 saturated heterocycles. The Morgan fingerprint density at radius 2 is 2.38 bits per heavy atom. The molecule has 0 amide bonds. The highest BCUT2D eigenvalue weighted by Gasteiger charge is 2.03. The Morgan fingerprint density at radius 1 is 1.54 bits per heavy atom. The molecule has 2 nitrogen and oxygen atoms in total. The second kappa shape index (κ2) is 6.17. The van der Waals surface area contributed by atoms with Gasteiger partial charge >= 0.3 is 0 Å². The van der Waals surface area contributed by atoms with Crippen LogP contribution >= 0.6 is 0 Å². The molecule has 0 aromatic carbocycles. The molecule has 1 atom stereocenters. The molecule has 0 heterocycles. The Morgan fingerprint density at radius 3 is 3.00 bits per heavy atom. The second-order valence-electron chi connectivity index (χ2n) is 3.95. The minimum absolute atomic E-state index is 0.462. The van der Waals surface area contributed by atoms with Gasteiger partial charge in [-0.2, -0.15) is 0 Å². The average Bonchev–Trinajstić information content (AvgIpc) is 2.19. The maximum atomic E-state index is 5.51. The molecule has 1 rings (SSSR count). The van der Waals surface area contributed by atoms with E-state index in [1.165, 1.54) is 32.1 Å². The quantitative estimate of drug-likeness (QED) is 0.636. The molecule has 1 aliphatic carbocycles. The monoisotopic (exact) mass is 182 g/mol. The first kappa shape index (κ1) is 10.7. The molecule has 13 heavy (non-hydrogen) atoms. The van der Waals surface area contributed by atoms with E-state index in [1.807, 2.05) is 0 Å². The third-order valence-corrected chi connectivity index (χ3v) is 2.68. The van der Waals surface area contributed by atoms with Crippen LogP contribution in [0.2, 0.25) is 0 Å². The molecule has 0 saturated carbocycles. The highest BCUT2D eigenvalue weighted by molar-refractivity contribution is 5.05.